The number of carbonyl (C=O) groups is 2. The number of hydrogen-bond donors (Lipinski definition) is 0. The van der Waals surface area contributed by atoms with Gasteiger partial charge in [-0.3, -0.25) is 4.79 Å². The summed E-state index contributed by atoms with van der Waals surface area (Å²) in [7, 11) is 1.64. The van der Waals surface area contributed by atoms with Gasteiger partial charge in [0.1, 0.15) is 42.6 Å². The molecule has 8 rings (SSSR count). The lowest BCUT2D eigenvalue weighted by molar-refractivity contribution is -0.283. The van der Waals surface area contributed by atoms with Crippen molar-refractivity contribution in [1.29, 1.82) is 0 Å². The summed E-state index contributed by atoms with van der Waals surface area (Å²) in [6.45, 7) is 13.2. The molecule has 0 radical (unpaired) electrons. The molecule has 18 atom stereocenters. The Balaban J connectivity index is 1.06. The van der Waals surface area contributed by atoms with E-state index in [1.165, 1.54) is 0 Å². The standard InChI is InChI=1S/C40H58O11/c1-6-28-36-38-40(48-28)39-37-30(49-38)11-8-26(46-37)17-23(42)18-27-33(47-31(13-14-41)35(27)43-5)19-32-22(4)20(2)15-24(45-32)7-10-29-21(3)16-25(44-29)9-12-34(50-36)51-39/h14,20,24-40H,3-4,6-13,15-19H2,1-2,5H3/t20?,24?,25-,26?,27?,28?,29?,30?,31?,32?,33?,34-,35+,36?,37-,38-,39?,40?/m0/s1. The number of Topliss-reactive ketones (excluding diaryl/α,β-unsaturated/α-hetero) is 1. The van der Waals surface area contributed by atoms with Gasteiger partial charge in [0.2, 0.25) is 0 Å². The van der Waals surface area contributed by atoms with Crippen LogP contribution in [0.5, 0.6) is 0 Å². The Bertz CT molecular complexity index is 1300. The number of rotatable bonds is 4. The van der Waals surface area contributed by atoms with Gasteiger partial charge >= 0.3 is 0 Å². The third-order valence-corrected chi connectivity index (χ3v) is 13.2. The number of ketones is 1. The van der Waals surface area contributed by atoms with Crippen LogP contribution >= 0.6 is 0 Å². The fraction of sp³-hybridized carbons (Fsp3) is 0.850. The average Bonchev–Trinajstić information content (AvgIpc) is 3.73. The molecule has 8 saturated heterocycles. The normalized spacial score (nSPS) is 50.4. The maximum atomic E-state index is 14.0. The van der Waals surface area contributed by atoms with Crippen molar-refractivity contribution in [2.45, 2.75) is 195 Å². The van der Waals surface area contributed by atoms with Crippen LogP contribution in [0.15, 0.2) is 24.3 Å². The van der Waals surface area contributed by atoms with E-state index in [9.17, 15) is 9.59 Å². The van der Waals surface area contributed by atoms with Crippen molar-refractivity contribution in [2.24, 2.45) is 11.8 Å². The molecule has 284 valence electrons. The van der Waals surface area contributed by atoms with Crippen molar-refractivity contribution in [3.63, 3.8) is 0 Å². The summed E-state index contributed by atoms with van der Waals surface area (Å²) in [6.07, 6.45) is 5.85. The molecule has 8 aliphatic heterocycles. The van der Waals surface area contributed by atoms with E-state index in [0.29, 0.717) is 12.8 Å². The van der Waals surface area contributed by atoms with Crippen molar-refractivity contribution in [3.05, 3.63) is 24.3 Å². The predicted molar refractivity (Wildman–Crippen MR) is 184 cm³/mol. The summed E-state index contributed by atoms with van der Waals surface area (Å²) in [4.78, 5) is 25.6. The summed E-state index contributed by atoms with van der Waals surface area (Å²) in [5, 5.41) is 0. The Morgan fingerprint density at radius 2 is 1.43 bits per heavy atom. The number of fused-ring (bicyclic) bond motifs is 7. The Morgan fingerprint density at radius 3 is 2.24 bits per heavy atom. The average molecular weight is 715 g/mol. The Hall–Kier alpha value is -1.54. The van der Waals surface area contributed by atoms with E-state index in [0.717, 1.165) is 68.8 Å². The summed E-state index contributed by atoms with van der Waals surface area (Å²) in [5.74, 6) is 0.157. The van der Waals surface area contributed by atoms with Gasteiger partial charge in [-0.05, 0) is 68.4 Å². The molecule has 11 bridgehead atoms. The second-order valence-electron chi connectivity index (χ2n) is 16.5. The third kappa shape index (κ3) is 7.21. The first-order valence-corrected chi connectivity index (χ1v) is 19.8. The van der Waals surface area contributed by atoms with Gasteiger partial charge in [-0.2, -0.15) is 0 Å². The zero-order chi connectivity index (χ0) is 35.4. The van der Waals surface area contributed by atoms with Crippen LogP contribution in [-0.4, -0.2) is 117 Å². The molecule has 0 N–H and O–H groups in total. The molecule has 51 heavy (non-hydrogen) atoms. The summed E-state index contributed by atoms with van der Waals surface area (Å²) in [5.41, 5.74) is 2.19. The van der Waals surface area contributed by atoms with Crippen LogP contribution < -0.4 is 0 Å². The Labute approximate surface area is 302 Å². The third-order valence-electron chi connectivity index (χ3n) is 13.2. The van der Waals surface area contributed by atoms with Crippen molar-refractivity contribution in [3.8, 4) is 0 Å². The maximum absolute atomic E-state index is 14.0. The molecular weight excluding hydrogens is 656 g/mol. The smallest absolute Gasteiger partial charge is 0.158 e. The first-order chi connectivity index (χ1) is 24.7. The predicted octanol–water partition coefficient (Wildman–Crippen LogP) is 4.95. The molecule has 0 aromatic rings. The van der Waals surface area contributed by atoms with Gasteiger partial charge < -0.3 is 47.4 Å². The summed E-state index contributed by atoms with van der Waals surface area (Å²) in [6, 6.07) is 0. The quantitative estimate of drug-likeness (QED) is 0.291. The fourth-order valence-corrected chi connectivity index (χ4v) is 10.5. The van der Waals surface area contributed by atoms with Gasteiger partial charge in [-0.15, -0.1) is 0 Å². The van der Waals surface area contributed by atoms with E-state index >= 15 is 0 Å². The Morgan fingerprint density at radius 1 is 0.706 bits per heavy atom. The number of aldehydes is 1. The van der Waals surface area contributed by atoms with E-state index in [4.69, 9.17) is 42.6 Å². The molecule has 13 unspecified atom stereocenters. The summed E-state index contributed by atoms with van der Waals surface area (Å²) < 4.78 is 59.3. The van der Waals surface area contributed by atoms with Crippen molar-refractivity contribution in [1.82, 2.24) is 0 Å². The van der Waals surface area contributed by atoms with Crippen LogP contribution in [0.3, 0.4) is 0 Å². The molecule has 11 nitrogen and oxygen atoms in total. The van der Waals surface area contributed by atoms with Gasteiger partial charge in [0, 0.05) is 45.1 Å². The van der Waals surface area contributed by atoms with Crippen LogP contribution in [-0.2, 0) is 52.2 Å². The van der Waals surface area contributed by atoms with Crippen LogP contribution in [0, 0.1) is 11.8 Å². The highest BCUT2D eigenvalue weighted by atomic mass is 16.7. The molecule has 0 saturated carbocycles. The zero-order valence-electron chi connectivity index (χ0n) is 30.6. The van der Waals surface area contributed by atoms with E-state index in [2.05, 4.69) is 27.0 Å². The number of methoxy groups -OCH3 is 1. The lowest BCUT2D eigenvalue weighted by Crippen LogP contribution is -2.61. The van der Waals surface area contributed by atoms with Gasteiger partial charge in [-0.1, -0.05) is 27.0 Å². The maximum Gasteiger partial charge on any atom is 0.158 e. The monoisotopic (exact) mass is 714 g/mol. The first-order valence-electron chi connectivity index (χ1n) is 19.8. The van der Waals surface area contributed by atoms with E-state index in [-0.39, 0.29) is 122 Å². The first kappa shape index (κ1) is 36.4. The van der Waals surface area contributed by atoms with Gasteiger partial charge in [0.05, 0.1) is 61.0 Å². The van der Waals surface area contributed by atoms with E-state index < -0.39 is 12.4 Å². The minimum absolute atomic E-state index is 0.0127. The van der Waals surface area contributed by atoms with E-state index in [1.807, 2.05) is 0 Å². The highest BCUT2D eigenvalue weighted by Gasteiger charge is 2.61. The molecule has 0 spiro atoms. The molecule has 8 heterocycles. The second kappa shape index (κ2) is 15.3. The van der Waals surface area contributed by atoms with Crippen LogP contribution in [0.1, 0.15) is 97.3 Å². The topological polar surface area (TPSA) is 117 Å². The zero-order valence-corrected chi connectivity index (χ0v) is 30.6. The minimum Gasteiger partial charge on any atom is -0.378 e. The lowest BCUT2D eigenvalue weighted by atomic mass is 9.81. The highest BCUT2D eigenvalue weighted by Crippen LogP contribution is 2.46. The van der Waals surface area contributed by atoms with E-state index in [1.54, 1.807) is 7.11 Å². The molecule has 0 aromatic carbocycles. The van der Waals surface area contributed by atoms with Gasteiger partial charge in [0.15, 0.2) is 6.29 Å². The van der Waals surface area contributed by atoms with Crippen molar-refractivity contribution in [2.75, 3.05) is 7.11 Å². The molecule has 8 aliphatic rings. The number of carbonyl (C=O) groups excluding carboxylic acids is 2. The van der Waals surface area contributed by atoms with Crippen LogP contribution in [0.2, 0.25) is 0 Å². The molecule has 0 aliphatic carbocycles. The SMILES string of the molecule is C=C1C[C@@H]2CC[C@H]3OC4C(CC)OC5C(O3)[C@H]3OC(CCC3O[C@@H]45)CC(=O)CC3C(CC4OC(CCC1O2)CC(C)C4=C)OC(CC=O)[C@@H]3OC. The molecule has 8 fully saturated rings. The molecule has 0 amide bonds. The van der Waals surface area contributed by atoms with Gasteiger partial charge in [0.25, 0.3) is 0 Å². The number of hydrogen-bond acceptors (Lipinski definition) is 11. The van der Waals surface area contributed by atoms with Crippen molar-refractivity contribution < 1.29 is 52.2 Å². The summed E-state index contributed by atoms with van der Waals surface area (Å²) >= 11 is 0. The second-order valence-corrected chi connectivity index (χ2v) is 16.5. The molecule has 0 aromatic heterocycles. The lowest BCUT2D eigenvalue weighted by Gasteiger charge is -2.47. The molecule has 11 heteroatoms. The highest BCUT2D eigenvalue weighted by molar-refractivity contribution is 5.79. The molecular formula is C40H58O11. The van der Waals surface area contributed by atoms with Gasteiger partial charge in [-0.25, -0.2) is 0 Å². The van der Waals surface area contributed by atoms with Crippen LogP contribution in [0.25, 0.3) is 0 Å². The number of ether oxygens (including phenoxy) is 9. The Kier molecular flexibility index (Phi) is 10.9. The van der Waals surface area contributed by atoms with Crippen molar-refractivity contribution >= 4 is 12.1 Å². The largest absolute Gasteiger partial charge is 0.378 e. The fourth-order valence-electron chi connectivity index (χ4n) is 10.5. The minimum atomic E-state index is -0.432. The van der Waals surface area contributed by atoms with Crippen LogP contribution in [0.4, 0.5) is 0 Å².